The van der Waals surface area contributed by atoms with E-state index in [4.69, 9.17) is 0 Å². The minimum Gasteiger partial charge on any atom is -0.390 e. The second-order valence-electron chi connectivity index (χ2n) is 9.03. The number of Topliss-reactive ketones (excluding diaryl/α,β-unsaturated/α-hetero) is 1. The number of fused-ring (bicyclic) bond motifs is 5. The van der Waals surface area contributed by atoms with Crippen molar-refractivity contribution in [3.05, 3.63) is 23.3 Å². The third-order valence-corrected chi connectivity index (χ3v) is 8.00. The summed E-state index contributed by atoms with van der Waals surface area (Å²) in [6.45, 7) is 5.50. The number of aliphatic hydroxyl groups is 1. The van der Waals surface area contributed by atoms with Crippen LogP contribution in [-0.4, -0.2) is 28.4 Å². The summed E-state index contributed by atoms with van der Waals surface area (Å²) in [5.74, 6) is -0.110. The molecule has 2 fully saturated rings. The number of halogens is 1. The average molecular weight is 346 g/mol. The molecule has 0 bridgehead atoms. The van der Waals surface area contributed by atoms with Gasteiger partial charge in [0.15, 0.2) is 11.6 Å². The lowest BCUT2D eigenvalue weighted by Crippen LogP contribution is -2.67. The topological polar surface area (TPSA) is 54.4 Å². The van der Waals surface area contributed by atoms with Crippen molar-refractivity contribution in [2.75, 3.05) is 0 Å². The fourth-order valence-corrected chi connectivity index (χ4v) is 6.69. The Labute approximate surface area is 148 Å². The third-order valence-electron chi connectivity index (χ3n) is 8.00. The Hall–Kier alpha value is -1.29. The molecule has 25 heavy (non-hydrogen) atoms. The number of hydrogen-bond donors (Lipinski definition) is 1. The second-order valence-corrected chi connectivity index (χ2v) is 9.03. The first-order valence-corrected chi connectivity index (χ1v) is 9.47. The van der Waals surface area contributed by atoms with Gasteiger partial charge in [-0.25, -0.2) is 4.39 Å². The highest BCUT2D eigenvalue weighted by molar-refractivity contribution is 5.95. The van der Waals surface area contributed by atoms with Crippen molar-refractivity contribution in [2.24, 2.45) is 22.7 Å². The summed E-state index contributed by atoms with van der Waals surface area (Å²) in [6.07, 6.45) is 5.67. The van der Waals surface area contributed by atoms with Gasteiger partial charge in [0.25, 0.3) is 0 Å². The summed E-state index contributed by atoms with van der Waals surface area (Å²) in [6, 6.07) is 0. The summed E-state index contributed by atoms with van der Waals surface area (Å²) in [4.78, 5) is 23.9. The number of carbonyl (C=O) groups excluding carboxylic acids is 2. The molecule has 4 heteroatoms. The van der Waals surface area contributed by atoms with Crippen molar-refractivity contribution in [1.82, 2.24) is 0 Å². The summed E-state index contributed by atoms with van der Waals surface area (Å²) < 4.78 is 16.7. The van der Waals surface area contributed by atoms with Crippen LogP contribution in [0.3, 0.4) is 0 Å². The zero-order valence-corrected chi connectivity index (χ0v) is 15.3. The lowest BCUT2D eigenvalue weighted by molar-refractivity contribution is -0.200. The molecule has 0 aliphatic heterocycles. The van der Waals surface area contributed by atoms with Gasteiger partial charge in [0, 0.05) is 23.2 Å². The van der Waals surface area contributed by atoms with Crippen LogP contribution in [0.1, 0.15) is 59.3 Å². The standard InChI is InChI=1S/C21H27FO3/c1-12(23)15-6-7-16-17-5-4-13-10-14(24)8-9-20(13,3)21(17,22)18(25)11-19(15,16)2/h6,10,16-18,25H,4-5,7-9,11H2,1-3H3. The first-order valence-electron chi connectivity index (χ1n) is 9.47. The van der Waals surface area contributed by atoms with Crippen LogP contribution < -0.4 is 0 Å². The minimum absolute atomic E-state index is 0.0365. The second kappa shape index (κ2) is 5.12. The van der Waals surface area contributed by atoms with Crippen LogP contribution in [0.4, 0.5) is 4.39 Å². The maximum absolute atomic E-state index is 16.7. The average Bonchev–Trinajstić information content (AvgIpc) is 2.87. The molecule has 1 N–H and O–H groups in total. The number of allylic oxidation sites excluding steroid dienone is 4. The molecule has 0 amide bonds. The van der Waals surface area contributed by atoms with Crippen molar-refractivity contribution < 1.29 is 19.1 Å². The zero-order valence-electron chi connectivity index (χ0n) is 15.3. The zero-order chi connectivity index (χ0) is 18.2. The largest absolute Gasteiger partial charge is 0.390 e. The van der Waals surface area contributed by atoms with Gasteiger partial charge in [0.1, 0.15) is 5.67 Å². The number of aliphatic hydroxyl groups excluding tert-OH is 1. The molecule has 2 saturated carbocycles. The predicted octanol–water partition coefficient (Wildman–Crippen LogP) is 3.71. The van der Waals surface area contributed by atoms with Crippen LogP contribution in [0.15, 0.2) is 23.3 Å². The third kappa shape index (κ3) is 1.95. The molecule has 4 aliphatic rings. The van der Waals surface area contributed by atoms with E-state index in [1.165, 1.54) is 0 Å². The number of alkyl halides is 1. The molecular weight excluding hydrogens is 319 g/mol. The molecular formula is C21H27FO3. The normalized spacial score (nSPS) is 48.8. The lowest BCUT2D eigenvalue weighted by atomic mass is 9.44. The molecule has 136 valence electrons. The van der Waals surface area contributed by atoms with E-state index in [1.54, 1.807) is 13.0 Å². The molecule has 0 aromatic heterocycles. The fraction of sp³-hybridized carbons (Fsp3) is 0.714. The van der Waals surface area contributed by atoms with Gasteiger partial charge in [-0.2, -0.15) is 0 Å². The van der Waals surface area contributed by atoms with Gasteiger partial charge in [-0.1, -0.05) is 25.5 Å². The molecule has 0 aromatic rings. The van der Waals surface area contributed by atoms with E-state index in [1.807, 2.05) is 19.9 Å². The van der Waals surface area contributed by atoms with E-state index in [-0.39, 0.29) is 29.8 Å². The molecule has 0 aromatic carbocycles. The quantitative estimate of drug-likeness (QED) is 0.787. The van der Waals surface area contributed by atoms with Crippen LogP contribution in [0.2, 0.25) is 0 Å². The van der Waals surface area contributed by atoms with Gasteiger partial charge >= 0.3 is 0 Å². The van der Waals surface area contributed by atoms with Crippen LogP contribution in [-0.2, 0) is 9.59 Å². The highest BCUT2D eigenvalue weighted by Gasteiger charge is 2.69. The van der Waals surface area contributed by atoms with Gasteiger partial charge in [-0.3, -0.25) is 9.59 Å². The molecule has 4 rings (SSSR count). The van der Waals surface area contributed by atoms with Crippen molar-refractivity contribution in [3.8, 4) is 0 Å². The van der Waals surface area contributed by atoms with Gasteiger partial charge in [0.05, 0.1) is 6.10 Å². The first kappa shape index (κ1) is 17.1. The number of rotatable bonds is 1. The van der Waals surface area contributed by atoms with E-state index in [0.717, 1.165) is 11.1 Å². The first-order chi connectivity index (χ1) is 11.6. The van der Waals surface area contributed by atoms with E-state index in [2.05, 4.69) is 0 Å². The highest BCUT2D eigenvalue weighted by Crippen LogP contribution is 2.68. The van der Waals surface area contributed by atoms with Crippen molar-refractivity contribution in [1.29, 1.82) is 0 Å². The van der Waals surface area contributed by atoms with E-state index >= 15 is 4.39 Å². The number of hydrogen-bond acceptors (Lipinski definition) is 3. The summed E-state index contributed by atoms with van der Waals surface area (Å²) in [7, 11) is 0. The van der Waals surface area contributed by atoms with Crippen LogP contribution in [0.25, 0.3) is 0 Å². The van der Waals surface area contributed by atoms with Crippen LogP contribution >= 0.6 is 0 Å². The SMILES string of the molecule is CC(=O)C1=CCC2C3CCC4=CC(=O)CCC4(C)C3(F)C(O)CC12C. The maximum Gasteiger partial charge on any atom is 0.156 e. The highest BCUT2D eigenvalue weighted by atomic mass is 19.1. The Balaban J connectivity index is 1.80. The van der Waals surface area contributed by atoms with E-state index in [9.17, 15) is 14.7 Å². The van der Waals surface area contributed by atoms with Crippen molar-refractivity contribution >= 4 is 11.6 Å². The van der Waals surface area contributed by atoms with Gasteiger partial charge < -0.3 is 5.11 Å². The molecule has 0 spiro atoms. The Morgan fingerprint density at radius 1 is 1.28 bits per heavy atom. The Morgan fingerprint density at radius 2 is 2.00 bits per heavy atom. The predicted molar refractivity (Wildman–Crippen MR) is 92.6 cm³/mol. The molecule has 0 saturated heterocycles. The van der Waals surface area contributed by atoms with E-state index < -0.39 is 22.6 Å². The van der Waals surface area contributed by atoms with Crippen molar-refractivity contribution in [2.45, 2.75) is 71.1 Å². The number of ketones is 2. The van der Waals surface area contributed by atoms with E-state index in [0.29, 0.717) is 32.1 Å². The summed E-state index contributed by atoms with van der Waals surface area (Å²) >= 11 is 0. The maximum atomic E-state index is 16.7. The smallest absolute Gasteiger partial charge is 0.156 e. The molecule has 6 atom stereocenters. The van der Waals surface area contributed by atoms with Crippen molar-refractivity contribution in [3.63, 3.8) is 0 Å². The molecule has 3 nitrogen and oxygen atoms in total. The van der Waals surface area contributed by atoms with Gasteiger partial charge in [-0.05, 0) is 56.6 Å². The Bertz CT molecular complexity index is 723. The molecule has 6 unspecified atom stereocenters. The van der Waals surface area contributed by atoms with Crippen LogP contribution in [0, 0.1) is 22.7 Å². The van der Waals surface area contributed by atoms with Crippen LogP contribution in [0.5, 0.6) is 0 Å². The van der Waals surface area contributed by atoms with Gasteiger partial charge in [-0.15, -0.1) is 0 Å². The minimum atomic E-state index is -1.72. The summed E-state index contributed by atoms with van der Waals surface area (Å²) in [5, 5.41) is 11.0. The Kier molecular flexibility index (Phi) is 3.51. The monoisotopic (exact) mass is 346 g/mol. The molecule has 0 radical (unpaired) electrons. The van der Waals surface area contributed by atoms with Gasteiger partial charge in [0.2, 0.25) is 0 Å². The summed E-state index contributed by atoms with van der Waals surface area (Å²) in [5.41, 5.74) is -1.29. The lowest BCUT2D eigenvalue weighted by Gasteiger charge is -2.62. The molecule has 4 aliphatic carbocycles. The molecule has 0 heterocycles. The Morgan fingerprint density at radius 3 is 2.68 bits per heavy atom. The fourth-order valence-electron chi connectivity index (χ4n) is 6.69. The number of carbonyl (C=O) groups is 2.